The molecule has 0 saturated carbocycles. The number of nitrogens with zero attached hydrogens (tertiary/aromatic N) is 2. The lowest BCUT2D eigenvalue weighted by atomic mass is 10.1. The summed E-state index contributed by atoms with van der Waals surface area (Å²) in [5, 5.41) is 0. The lowest BCUT2D eigenvalue weighted by molar-refractivity contribution is -0.131. The fourth-order valence-electron chi connectivity index (χ4n) is 4.01. The highest BCUT2D eigenvalue weighted by Gasteiger charge is 2.31. The number of amides is 1. The van der Waals surface area contributed by atoms with E-state index in [-0.39, 0.29) is 23.8 Å². The predicted octanol–water partition coefficient (Wildman–Crippen LogP) is 3.99. The lowest BCUT2D eigenvalue weighted by Crippen LogP contribution is -2.57. The molecule has 2 atom stereocenters. The van der Waals surface area contributed by atoms with E-state index in [1.54, 1.807) is 45.6 Å². The average molecular weight is 443 g/mol. The minimum absolute atomic E-state index is 0.0421. The van der Waals surface area contributed by atoms with Gasteiger partial charge in [0.05, 0.1) is 21.3 Å². The van der Waals surface area contributed by atoms with Crippen LogP contribution in [-0.4, -0.2) is 62.2 Å². The number of methoxy groups -OCH3 is 3. The SMILES string of the molecule is COc1cc(/C=C/C(=O)N2CC(C)N(Cc3ccc(F)cc3)CC2C)cc(OC)c1OC. The molecule has 32 heavy (non-hydrogen) atoms. The number of hydrogen-bond donors (Lipinski definition) is 0. The van der Waals surface area contributed by atoms with Crippen molar-refractivity contribution in [2.24, 2.45) is 0 Å². The molecule has 1 aliphatic rings. The van der Waals surface area contributed by atoms with Crippen molar-refractivity contribution in [3.8, 4) is 17.2 Å². The first-order valence-electron chi connectivity index (χ1n) is 10.6. The Bertz CT molecular complexity index is 936. The summed E-state index contributed by atoms with van der Waals surface area (Å²) in [6, 6.07) is 10.4. The average Bonchev–Trinajstić information content (AvgIpc) is 2.80. The summed E-state index contributed by atoms with van der Waals surface area (Å²) in [7, 11) is 4.67. The van der Waals surface area contributed by atoms with Gasteiger partial charge < -0.3 is 19.1 Å². The third-order valence-electron chi connectivity index (χ3n) is 5.80. The molecule has 0 radical (unpaired) electrons. The second-order valence-electron chi connectivity index (χ2n) is 8.04. The standard InChI is InChI=1S/C25H31FN2O4/c1-17-15-28(18(2)14-27(17)16-19-6-9-21(26)10-7-19)24(29)11-8-20-12-22(30-3)25(32-5)23(13-20)31-4/h6-13,17-18H,14-16H2,1-5H3/b11-8+. The molecule has 0 aliphatic carbocycles. The van der Waals surface area contributed by atoms with Crippen LogP contribution in [0.25, 0.3) is 6.08 Å². The zero-order valence-corrected chi connectivity index (χ0v) is 19.3. The molecule has 1 heterocycles. The maximum absolute atomic E-state index is 13.2. The molecule has 3 rings (SSSR count). The molecule has 0 bridgehead atoms. The number of rotatable bonds is 7. The number of halogens is 1. The molecular weight excluding hydrogens is 411 g/mol. The highest BCUT2D eigenvalue weighted by atomic mass is 19.1. The van der Waals surface area contributed by atoms with Crippen molar-refractivity contribution in [3.63, 3.8) is 0 Å². The largest absolute Gasteiger partial charge is 0.493 e. The highest BCUT2D eigenvalue weighted by Crippen LogP contribution is 2.38. The summed E-state index contributed by atoms with van der Waals surface area (Å²) < 4.78 is 29.3. The maximum Gasteiger partial charge on any atom is 0.246 e. The van der Waals surface area contributed by atoms with E-state index in [9.17, 15) is 9.18 Å². The van der Waals surface area contributed by atoms with E-state index >= 15 is 0 Å². The van der Waals surface area contributed by atoms with Crippen LogP contribution < -0.4 is 14.2 Å². The van der Waals surface area contributed by atoms with E-state index in [0.29, 0.717) is 23.8 Å². The van der Waals surface area contributed by atoms with Crippen LogP contribution in [0.2, 0.25) is 0 Å². The van der Waals surface area contributed by atoms with Gasteiger partial charge in [0.2, 0.25) is 11.7 Å². The first-order chi connectivity index (χ1) is 15.4. The third kappa shape index (κ3) is 5.40. The quantitative estimate of drug-likeness (QED) is 0.607. The molecule has 1 aliphatic heterocycles. The Labute approximate surface area is 189 Å². The van der Waals surface area contributed by atoms with E-state index in [1.807, 2.05) is 17.0 Å². The van der Waals surface area contributed by atoms with Crippen molar-refractivity contribution in [1.82, 2.24) is 9.80 Å². The van der Waals surface area contributed by atoms with E-state index in [4.69, 9.17) is 14.2 Å². The fraction of sp³-hybridized carbons (Fsp3) is 0.400. The molecule has 172 valence electrons. The van der Waals surface area contributed by atoms with Gasteiger partial charge in [-0.2, -0.15) is 0 Å². The van der Waals surface area contributed by atoms with Gasteiger partial charge in [0.15, 0.2) is 11.5 Å². The Hall–Kier alpha value is -3.06. The number of carbonyl (C=O) groups is 1. The monoisotopic (exact) mass is 442 g/mol. The smallest absolute Gasteiger partial charge is 0.246 e. The molecule has 2 aromatic carbocycles. The van der Waals surface area contributed by atoms with Gasteiger partial charge in [-0.15, -0.1) is 0 Å². The van der Waals surface area contributed by atoms with Crippen molar-refractivity contribution in [3.05, 3.63) is 59.4 Å². The molecule has 7 heteroatoms. The maximum atomic E-state index is 13.2. The topological polar surface area (TPSA) is 51.2 Å². The van der Waals surface area contributed by atoms with Crippen LogP contribution in [0.5, 0.6) is 17.2 Å². The minimum Gasteiger partial charge on any atom is -0.493 e. The zero-order chi connectivity index (χ0) is 23.3. The number of benzene rings is 2. The second-order valence-corrected chi connectivity index (χ2v) is 8.04. The molecule has 6 nitrogen and oxygen atoms in total. The van der Waals surface area contributed by atoms with Gasteiger partial charge in [-0.05, 0) is 55.3 Å². The van der Waals surface area contributed by atoms with E-state index < -0.39 is 0 Å². The number of hydrogen-bond acceptors (Lipinski definition) is 5. The van der Waals surface area contributed by atoms with Crippen LogP contribution in [0.4, 0.5) is 4.39 Å². The summed E-state index contributed by atoms with van der Waals surface area (Å²) in [5.74, 6) is 1.31. The van der Waals surface area contributed by atoms with E-state index in [0.717, 1.165) is 24.2 Å². The predicted molar refractivity (Wildman–Crippen MR) is 123 cm³/mol. The van der Waals surface area contributed by atoms with Gasteiger partial charge in [-0.1, -0.05) is 12.1 Å². The van der Waals surface area contributed by atoms with Crippen molar-refractivity contribution in [2.75, 3.05) is 34.4 Å². The van der Waals surface area contributed by atoms with Crippen LogP contribution in [0, 0.1) is 5.82 Å². The van der Waals surface area contributed by atoms with Crippen molar-refractivity contribution in [2.45, 2.75) is 32.5 Å². The van der Waals surface area contributed by atoms with Gasteiger partial charge in [0.25, 0.3) is 0 Å². The molecule has 2 unspecified atom stereocenters. The molecule has 1 saturated heterocycles. The first kappa shape index (κ1) is 23.6. The summed E-state index contributed by atoms with van der Waals surface area (Å²) in [4.78, 5) is 17.2. The summed E-state index contributed by atoms with van der Waals surface area (Å²) in [5.41, 5.74) is 1.84. The van der Waals surface area contributed by atoms with Crippen molar-refractivity contribution >= 4 is 12.0 Å². The summed E-state index contributed by atoms with van der Waals surface area (Å²) in [6.07, 6.45) is 3.34. The van der Waals surface area contributed by atoms with Crippen LogP contribution in [0.15, 0.2) is 42.5 Å². The van der Waals surface area contributed by atoms with Crippen molar-refractivity contribution < 1.29 is 23.4 Å². The van der Waals surface area contributed by atoms with Crippen LogP contribution in [0.1, 0.15) is 25.0 Å². The Morgan fingerprint density at radius 3 is 2.19 bits per heavy atom. The van der Waals surface area contributed by atoms with Gasteiger partial charge in [-0.3, -0.25) is 9.69 Å². The normalized spacial score (nSPS) is 19.2. The van der Waals surface area contributed by atoms with Crippen LogP contribution in [-0.2, 0) is 11.3 Å². The first-order valence-corrected chi connectivity index (χ1v) is 10.6. The molecular formula is C25H31FN2O4. The van der Waals surface area contributed by atoms with Crippen LogP contribution in [0.3, 0.4) is 0 Å². The van der Waals surface area contributed by atoms with E-state index in [1.165, 1.54) is 12.1 Å². The Morgan fingerprint density at radius 2 is 1.62 bits per heavy atom. The second kappa shape index (κ2) is 10.5. The fourth-order valence-corrected chi connectivity index (χ4v) is 4.01. The molecule has 0 spiro atoms. The Morgan fingerprint density at radius 1 is 1.00 bits per heavy atom. The highest BCUT2D eigenvalue weighted by molar-refractivity contribution is 5.92. The number of carbonyl (C=O) groups excluding carboxylic acids is 1. The lowest BCUT2D eigenvalue weighted by Gasteiger charge is -2.44. The molecule has 0 N–H and O–H groups in total. The minimum atomic E-state index is -0.232. The number of piperazine rings is 1. The molecule has 1 fully saturated rings. The van der Waals surface area contributed by atoms with Gasteiger partial charge in [0.1, 0.15) is 5.82 Å². The molecule has 1 amide bonds. The molecule has 0 aromatic heterocycles. The number of ether oxygens (including phenoxy) is 3. The van der Waals surface area contributed by atoms with Gasteiger partial charge >= 0.3 is 0 Å². The van der Waals surface area contributed by atoms with Crippen LogP contribution >= 0.6 is 0 Å². The van der Waals surface area contributed by atoms with Gasteiger partial charge in [-0.25, -0.2) is 4.39 Å². The summed E-state index contributed by atoms with van der Waals surface area (Å²) >= 11 is 0. The zero-order valence-electron chi connectivity index (χ0n) is 19.3. The summed E-state index contributed by atoms with van der Waals surface area (Å²) in [6.45, 7) is 6.27. The van der Waals surface area contributed by atoms with Crippen molar-refractivity contribution in [1.29, 1.82) is 0 Å². The van der Waals surface area contributed by atoms with E-state index in [2.05, 4.69) is 18.7 Å². The third-order valence-corrected chi connectivity index (χ3v) is 5.80. The Balaban J connectivity index is 1.68. The molecule has 2 aromatic rings. The van der Waals surface area contributed by atoms with Gasteiger partial charge in [0, 0.05) is 37.8 Å². The Kier molecular flexibility index (Phi) is 7.75.